The fourth-order valence-corrected chi connectivity index (χ4v) is 1.87. The lowest BCUT2D eigenvalue weighted by Gasteiger charge is -2.41. The maximum absolute atomic E-state index is 5.89. The van der Waals surface area contributed by atoms with Gasteiger partial charge in [0.1, 0.15) is 0 Å². The van der Waals surface area contributed by atoms with E-state index >= 15 is 0 Å². The lowest BCUT2D eigenvalue weighted by Crippen LogP contribution is -2.49. The molecule has 0 aromatic heterocycles. The van der Waals surface area contributed by atoms with Gasteiger partial charge in [0.05, 0.1) is 0 Å². The van der Waals surface area contributed by atoms with E-state index in [-0.39, 0.29) is 0 Å². The van der Waals surface area contributed by atoms with Crippen molar-refractivity contribution in [1.29, 1.82) is 0 Å². The van der Waals surface area contributed by atoms with Gasteiger partial charge in [0.15, 0.2) is 0 Å². The summed E-state index contributed by atoms with van der Waals surface area (Å²) < 4.78 is 0. The second-order valence-electron chi connectivity index (χ2n) is 5.30. The first-order chi connectivity index (χ1) is 5.92. The van der Waals surface area contributed by atoms with E-state index in [0.29, 0.717) is 17.5 Å². The van der Waals surface area contributed by atoms with Crippen molar-refractivity contribution in [2.45, 2.75) is 52.6 Å². The van der Waals surface area contributed by atoms with Crippen LogP contribution in [-0.2, 0) is 0 Å². The van der Waals surface area contributed by atoms with Crippen molar-refractivity contribution in [2.24, 2.45) is 11.1 Å². The summed E-state index contributed by atoms with van der Waals surface area (Å²) >= 11 is 0. The van der Waals surface area contributed by atoms with E-state index in [2.05, 4.69) is 32.6 Å². The molecule has 2 N–H and O–H groups in total. The highest BCUT2D eigenvalue weighted by Crippen LogP contribution is 2.30. The largest absolute Gasteiger partial charge is 0.327 e. The standard InChI is InChI=1S/C11H24N2/c1-9(12)10(2)13-7-5-11(3,4)6-8-13/h9-10H,5-8,12H2,1-4H3. The average Bonchev–Trinajstić information content (AvgIpc) is 2.03. The molecule has 2 atom stereocenters. The summed E-state index contributed by atoms with van der Waals surface area (Å²) in [5.74, 6) is 0. The van der Waals surface area contributed by atoms with E-state index in [9.17, 15) is 0 Å². The van der Waals surface area contributed by atoms with Crippen LogP contribution in [0, 0.1) is 5.41 Å². The molecule has 0 aromatic carbocycles. The van der Waals surface area contributed by atoms with Gasteiger partial charge >= 0.3 is 0 Å². The van der Waals surface area contributed by atoms with E-state index < -0.39 is 0 Å². The summed E-state index contributed by atoms with van der Waals surface area (Å²) in [4.78, 5) is 2.52. The number of nitrogens with zero attached hydrogens (tertiary/aromatic N) is 1. The molecule has 13 heavy (non-hydrogen) atoms. The van der Waals surface area contributed by atoms with Crippen LogP contribution in [0.4, 0.5) is 0 Å². The molecule has 1 fully saturated rings. The lowest BCUT2D eigenvalue weighted by atomic mass is 9.82. The third-order valence-electron chi connectivity index (χ3n) is 3.49. The van der Waals surface area contributed by atoms with Gasteiger partial charge in [-0.25, -0.2) is 0 Å². The van der Waals surface area contributed by atoms with Gasteiger partial charge in [-0.2, -0.15) is 0 Å². The van der Waals surface area contributed by atoms with E-state index in [1.807, 2.05) is 0 Å². The van der Waals surface area contributed by atoms with Crippen LogP contribution in [0.3, 0.4) is 0 Å². The molecular formula is C11H24N2. The van der Waals surface area contributed by atoms with Crippen LogP contribution in [0.2, 0.25) is 0 Å². The summed E-state index contributed by atoms with van der Waals surface area (Å²) in [5, 5.41) is 0. The zero-order valence-corrected chi connectivity index (χ0v) is 9.51. The molecule has 1 saturated heterocycles. The second-order valence-corrected chi connectivity index (χ2v) is 5.30. The van der Waals surface area contributed by atoms with E-state index in [4.69, 9.17) is 5.73 Å². The Morgan fingerprint density at radius 1 is 1.15 bits per heavy atom. The van der Waals surface area contributed by atoms with Crippen molar-refractivity contribution >= 4 is 0 Å². The molecule has 1 heterocycles. The number of likely N-dealkylation sites (tertiary alicyclic amines) is 1. The lowest BCUT2D eigenvalue weighted by molar-refractivity contribution is 0.0920. The Balaban J connectivity index is 2.41. The highest BCUT2D eigenvalue weighted by molar-refractivity contribution is 4.83. The van der Waals surface area contributed by atoms with Crippen LogP contribution in [0.25, 0.3) is 0 Å². The van der Waals surface area contributed by atoms with Crippen molar-refractivity contribution in [1.82, 2.24) is 4.90 Å². The van der Waals surface area contributed by atoms with Crippen molar-refractivity contribution in [3.8, 4) is 0 Å². The van der Waals surface area contributed by atoms with Gasteiger partial charge in [0, 0.05) is 12.1 Å². The number of hydrogen-bond donors (Lipinski definition) is 1. The third kappa shape index (κ3) is 2.96. The average molecular weight is 184 g/mol. The minimum atomic E-state index is 0.293. The monoisotopic (exact) mass is 184 g/mol. The van der Waals surface area contributed by atoms with Crippen LogP contribution < -0.4 is 5.73 Å². The molecule has 78 valence electrons. The Kier molecular flexibility index (Phi) is 3.36. The minimum absolute atomic E-state index is 0.293. The molecule has 0 aromatic rings. The fraction of sp³-hybridized carbons (Fsp3) is 1.00. The first-order valence-electron chi connectivity index (χ1n) is 5.42. The SMILES string of the molecule is CC(N)C(C)N1CCC(C)(C)CC1. The molecule has 2 unspecified atom stereocenters. The smallest absolute Gasteiger partial charge is 0.0216 e. The summed E-state index contributed by atoms with van der Waals surface area (Å²) in [5.41, 5.74) is 6.44. The Bertz CT molecular complexity index is 153. The number of rotatable bonds is 2. The van der Waals surface area contributed by atoms with Crippen molar-refractivity contribution in [3.63, 3.8) is 0 Å². The zero-order chi connectivity index (χ0) is 10.1. The zero-order valence-electron chi connectivity index (χ0n) is 9.51. The number of nitrogens with two attached hydrogens (primary N) is 1. The Labute approximate surface area is 82.5 Å². The molecular weight excluding hydrogens is 160 g/mol. The van der Waals surface area contributed by atoms with Crippen LogP contribution >= 0.6 is 0 Å². The number of piperidine rings is 1. The van der Waals surface area contributed by atoms with Gasteiger partial charge in [-0.1, -0.05) is 13.8 Å². The minimum Gasteiger partial charge on any atom is -0.327 e. The quantitative estimate of drug-likeness (QED) is 0.709. The first kappa shape index (κ1) is 11.0. The van der Waals surface area contributed by atoms with Gasteiger partial charge in [-0.15, -0.1) is 0 Å². The fourth-order valence-electron chi connectivity index (χ4n) is 1.87. The molecule has 0 spiro atoms. The molecule has 1 aliphatic heterocycles. The molecule has 0 amide bonds. The number of hydrogen-bond acceptors (Lipinski definition) is 2. The molecule has 0 aliphatic carbocycles. The highest BCUT2D eigenvalue weighted by Gasteiger charge is 2.28. The highest BCUT2D eigenvalue weighted by atomic mass is 15.2. The van der Waals surface area contributed by atoms with Gasteiger partial charge in [0.25, 0.3) is 0 Å². The van der Waals surface area contributed by atoms with Crippen molar-refractivity contribution in [3.05, 3.63) is 0 Å². The van der Waals surface area contributed by atoms with Crippen LogP contribution in [0.5, 0.6) is 0 Å². The third-order valence-corrected chi connectivity index (χ3v) is 3.49. The van der Waals surface area contributed by atoms with Crippen LogP contribution in [-0.4, -0.2) is 30.1 Å². The van der Waals surface area contributed by atoms with Crippen molar-refractivity contribution in [2.75, 3.05) is 13.1 Å². The van der Waals surface area contributed by atoms with Crippen LogP contribution in [0.1, 0.15) is 40.5 Å². The van der Waals surface area contributed by atoms with Gasteiger partial charge in [-0.3, -0.25) is 4.90 Å². The van der Waals surface area contributed by atoms with Gasteiger partial charge in [-0.05, 0) is 45.2 Å². The van der Waals surface area contributed by atoms with E-state index in [1.165, 1.54) is 25.9 Å². The molecule has 1 rings (SSSR count). The molecule has 2 nitrogen and oxygen atoms in total. The summed E-state index contributed by atoms with van der Waals surface area (Å²) in [6, 6.07) is 0.831. The van der Waals surface area contributed by atoms with Crippen LogP contribution in [0.15, 0.2) is 0 Å². The van der Waals surface area contributed by atoms with Gasteiger partial charge < -0.3 is 5.73 Å². The molecule has 0 saturated carbocycles. The Hall–Kier alpha value is -0.0800. The Morgan fingerprint density at radius 3 is 2.00 bits per heavy atom. The summed E-state index contributed by atoms with van der Waals surface area (Å²) in [6.45, 7) is 11.5. The second kappa shape index (κ2) is 3.97. The summed E-state index contributed by atoms with van der Waals surface area (Å²) in [6.07, 6.45) is 2.62. The molecule has 0 bridgehead atoms. The van der Waals surface area contributed by atoms with Crippen molar-refractivity contribution < 1.29 is 0 Å². The molecule has 2 heteroatoms. The van der Waals surface area contributed by atoms with E-state index in [1.54, 1.807) is 0 Å². The van der Waals surface area contributed by atoms with E-state index in [0.717, 1.165) is 0 Å². The maximum Gasteiger partial charge on any atom is 0.0216 e. The predicted octanol–water partition coefficient (Wildman–Crippen LogP) is 1.84. The Morgan fingerprint density at radius 2 is 1.62 bits per heavy atom. The maximum atomic E-state index is 5.89. The molecule has 0 radical (unpaired) electrons. The topological polar surface area (TPSA) is 29.3 Å². The normalized spacial score (nSPS) is 28.4. The van der Waals surface area contributed by atoms with Gasteiger partial charge in [0.2, 0.25) is 0 Å². The summed E-state index contributed by atoms with van der Waals surface area (Å²) in [7, 11) is 0. The predicted molar refractivity (Wildman–Crippen MR) is 57.7 cm³/mol. The molecule has 1 aliphatic rings. The first-order valence-corrected chi connectivity index (χ1v) is 5.42.